The van der Waals surface area contributed by atoms with Crippen LogP contribution in [-0.2, 0) is 6.61 Å². The van der Waals surface area contributed by atoms with Crippen molar-refractivity contribution in [3.8, 4) is 5.88 Å². The number of rotatable bonds is 6. The summed E-state index contributed by atoms with van der Waals surface area (Å²) in [5, 5.41) is 3.89. The minimum absolute atomic E-state index is 0.435. The number of halogens is 1. The van der Waals surface area contributed by atoms with Crippen molar-refractivity contribution in [3.63, 3.8) is 0 Å². The molecule has 1 aromatic carbocycles. The summed E-state index contributed by atoms with van der Waals surface area (Å²) in [7, 11) is 0. The molecule has 0 atom stereocenters. The fraction of sp³-hybridized carbons (Fsp3) is 0.286. The lowest BCUT2D eigenvalue weighted by Crippen LogP contribution is -2.03. The van der Waals surface area contributed by atoms with Gasteiger partial charge in [0.05, 0.1) is 0 Å². The average molecular weight is 278 g/mol. The van der Waals surface area contributed by atoms with Crippen LogP contribution < -0.4 is 10.1 Å². The van der Waals surface area contributed by atoms with Crippen LogP contribution >= 0.6 is 11.6 Å². The summed E-state index contributed by atoms with van der Waals surface area (Å²) in [6, 6.07) is 9.36. The number of anilines is 1. The third kappa shape index (κ3) is 4.41. The molecule has 100 valence electrons. The van der Waals surface area contributed by atoms with E-state index in [1.54, 1.807) is 6.07 Å². The van der Waals surface area contributed by atoms with Gasteiger partial charge in [-0.2, -0.15) is 0 Å². The molecule has 0 amide bonds. The van der Waals surface area contributed by atoms with Gasteiger partial charge in [0.2, 0.25) is 5.88 Å². The number of benzene rings is 1. The lowest BCUT2D eigenvalue weighted by atomic mass is 10.2. The Morgan fingerprint density at radius 2 is 2.16 bits per heavy atom. The first-order valence-corrected chi connectivity index (χ1v) is 6.59. The summed E-state index contributed by atoms with van der Waals surface area (Å²) in [4.78, 5) is 8.20. The van der Waals surface area contributed by atoms with Gasteiger partial charge < -0.3 is 10.1 Å². The van der Waals surface area contributed by atoms with Gasteiger partial charge in [0.1, 0.15) is 18.8 Å². The van der Waals surface area contributed by atoms with Crippen molar-refractivity contribution in [1.82, 2.24) is 9.97 Å². The zero-order valence-corrected chi connectivity index (χ0v) is 11.5. The first-order valence-electron chi connectivity index (χ1n) is 6.21. The van der Waals surface area contributed by atoms with E-state index >= 15 is 0 Å². The molecule has 0 saturated carbocycles. The Hall–Kier alpha value is -1.81. The molecule has 0 spiro atoms. The Morgan fingerprint density at radius 3 is 2.95 bits per heavy atom. The quantitative estimate of drug-likeness (QED) is 0.877. The molecule has 4 nitrogen and oxygen atoms in total. The predicted octanol–water partition coefficient (Wildman–Crippen LogP) is 3.53. The van der Waals surface area contributed by atoms with Crippen LogP contribution in [0.15, 0.2) is 36.7 Å². The molecule has 0 aliphatic carbocycles. The second kappa shape index (κ2) is 6.95. The maximum absolute atomic E-state index is 5.92. The molecule has 0 unspecified atom stereocenters. The highest BCUT2D eigenvalue weighted by Gasteiger charge is 2.00. The van der Waals surface area contributed by atoms with Crippen LogP contribution in [0.25, 0.3) is 0 Å². The SMILES string of the molecule is CCCNc1cc(OCc2cccc(Cl)c2)ncn1. The number of ether oxygens (including phenoxy) is 1. The Kier molecular flexibility index (Phi) is 4.98. The van der Waals surface area contributed by atoms with Gasteiger partial charge in [-0.1, -0.05) is 30.7 Å². The number of hydrogen-bond acceptors (Lipinski definition) is 4. The molecule has 1 heterocycles. The van der Waals surface area contributed by atoms with Crippen molar-refractivity contribution in [3.05, 3.63) is 47.2 Å². The standard InChI is InChI=1S/C14H16ClN3O/c1-2-6-16-13-8-14(18-10-17-13)19-9-11-4-3-5-12(15)7-11/h3-5,7-8,10H,2,6,9H2,1H3,(H,16,17,18). The molecular weight excluding hydrogens is 262 g/mol. The van der Waals surface area contributed by atoms with Crippen LogP contribution in [0.5, 0.6) is 5.88 Å². The van der Waals surface area contributed by atoms with E-state index in [1.807, 2.05) is 24.3 Å². The Balaban J connectivity index is 1.95. The third-order valence-electron chi connectivity index (χ3n) is 2.47. The largest absolute Gasteiger partial charge is 0.473 e. The Labute approximate surface area is 117 Å². The highest BCUT2D eigenvalue weighted by Crippen LogP contribution is 2.15. The molecule has 1 aromatic heterocycles. The summed E-state index contributed by atoms with van der Waals surface area (Å²) < 4.78 is 5.62. The molecule has 0 fully saturated rings. The van der Waals surface area contributed by atoms with Crippen LogP contribution in [0.2, 0.25) is 5.02 Å². The predicted molar refractivity (Wildman–Crippen MR) is 76.6 cm³/mol. The third-order valence-corrected chi connectivity index (χ3v) is 2.71. The van der Waals surface area contributed by atoms with Gasteiger partial charge in [-0.05, 0) is 24.1 Å². The maximum Gasteiger partial charge on any atom is 0.218 e. The van der Waals surface area contributed by atoms with E-state index in [0.29, 0.717) is 17.5 Å². The summed E-state index contributed by atoms with van der Waals surface area (Å²) >= 11 is 5.92. The molecule has 1 N–H and O–H groups in total. The number of nitrogens with one attached hydrogen (secondary N) is 1. The van der Waals surface area contributed by atoms with Crippen molar-refractivity contribution < 1.29 is 4.74 Å². The molecule has 2 aromatic rings. The molecule has 5 heteroatoms. The summed E-state index contributed by atoms with van der Waals surface area (Å²) in [6.45, 7) is 3.42. The topological polar surface area (TPSA) is 47.0 Å². The van der Waals surface area contributed by atoms with Crippen LogP contribution in [0.1, 0.15) is 18.9 Å². The fourth-order valence-electron chi connectivity index (χ4n) is 1.55. The lowest BCUT2D eigenvalue weighted by molar-refractivity contribution is 0.293. The van der Waals surface area contributed by atoms with E-state index in [2.05, 4.69) is 22.2 Å². The minimum atomic E-state index is 0.435. The second-order valence-corrected chi connectivity index (χ2v) is 4.52. The van der Waals surface area contributed by atoms with Crippen molar-refractivity contribution in [2.24, 2.45) is 0 Å². The average Bonchev–Trinajstić information content (AvgIpc) is 2.43. The van der Waals surface area contributed by atoms with Crippen molar-refractivity contribution in [2.45, 2.75) is 20.0 Å². The molecule has 0 bridgehead atoms. The first kappa shape index (κ1) is 13.6. The highest BCUT2D eigenvalue weighted by atomic mass is 35.5. The summed E-state index contributed by atoms with van der Waals surface area (Å²) in [6.07, 6.45) is 2.54. The minimum Gasteiger partial charge on any atom is -0.473 e. The highest BCUT2D eigenvalue weighted by molar-refractivity contribution is 6.30. The number of aromatic nitrogens is 2. The molecule has 0 radical (unpaired) electrons. The van der Waals surface area contributed by atoms with Crippen LogP contribution in [-0.4, -0.2) is 16.5 Å². The van der Waals surface area contributed by atoms with Gasteiger partial charge in [0, 0.05) is 17.6 Å². The van der Waals surface area contributed by atoms with Gasteiger partial charge >= 0.3 is 0 Å². The van der Waals surface area contributed by atoms with Gasteiger partial charge in [-0.25, -0.2) is 9.97 Å². The van der Waals surface area contributed by atoms with Crippen molar-refractivity contribution >= 4 is 17.4 Å². The van der Waals surface area contributed by atoms with E-state index in [9.17, 15) is 0 Å². The van der Waals surface area contributed by atoms with Gasteiger partial charge in [0.15, 0.2) is 0 Å². The molecule has 0 aliphatic rings. The molecule has 2 rings (SSSR count). The van der Waals surface area contributed by atoms with Crippen LogP contribution in [0.4, 0.5) is 5.82 Å². The number of nitrogens with zero attached hydrogens (tertiary/aromatic N) is 2. The first-order chi connectivity index (χ1) is 9.28. The summed E-state index contributed by atoms with van der Waals surface area (Å²) in [5.41, 5.74) is 1.01. The van der Waals surface area contributed by atoms with E-state index in [1.165, 1.54) is 6.33 Å². The fourth-order valence-corrected chi connectivity index (χ4v) is 1.77. The monoisotopic (exact) mass is 277 g/mol. The lowest BCUT2D eigenvalue weighted by Gasteiger charge is -2.07. The Bertz CT molecular complexity index is 534. The maximum atomic E-state index is 5.92. The van der Waals surface area contributed by atoms with Crippen LogP contribution in [0, 0.1) is 0 Å². The van der Waals surface area contributed by atoms with Crippen molar-refractivity contribution in [1.29, 1.82) is 0 Å². The zero-order chi connectivity index (χ0) is 13.5. The van der Waals surface area contributed by atoms with E-state index in [4.69, 9.17) is 16.3 Å². The molecule has 19 heavy (non-hydrogen) atoms. The zero-order valence-electron chi connectivity index (χ0n) is 10.8. The smallest absolute Gasteiger partial charge is 0.218 e. The Morgan fingerprint density at radius 1 is 1.26 bits per heavy atom. The normalized spacial score (nSPS) is 10.2. The summed E-state index contributed by atoms with van der Waals surface area (Å²) in [5.74, 6) is 1.33. The number of hydrogen-bond donors (Lipinski definition) is 1. The van der Waals surface area contributed by atoms with Gasteiger partial charge in [-0.15, -0.1) is 0 Å². The van der Waals surface area contributed by atoms with E-state index in [0.717, 1.165) is 24.3 Å². The molecular formula is C14H16ClN3O. The van der Waals surface area contributed by atoms with Gasteiger partial charge in [0.25, 0.3) is 0 Å². The molecule has 0 aliphatic heterocycles. The second-order valence-electron chi connectivity index (χ2n) is 4.09. The van der Waals surface area contributed by atoms with Crippen molar-refractivity contribution in [2.75, 3.05) is 11.9 Å². The molecule has 0 saturated heterocycles. The van der Waals surface area contributed by atoms with Crippen LogP contribution in [0.3, 0.4) is 0 Å². The van der Waals surface area contributed by atoms with Gasteiger partial charge in [-0.3, -0.25) is 0 Å². The van der Waals surface area contributed by atoms with E-state index in [-0.39, 0.29) is 0 Å². The van der Waals surface area contributed by atoms with E-state index < -0.39 is 0 Å².